The third-order valence-electron chi connectivity index (χ3n) is 2.82. The molecule has 0 amide bonds. The van der Waals surface area contributed by atoms with Crippen LogP contribution < -0.4 is 4.74 Å². The lowest BCUT2D eigenvalue weighted by Crippen LogP contribution is -2.03. The second kappa shape index (κ2) is 6.55. The summed E-state index contributed by atoms with van der Waals surface area (Å²) in [6.45, 7) is 4.76. The molecular weight excluding hydrogens is 324 g/mol. The van der Waals surface area contributed by atoms with Crippen molar-refractivity contribution in [1.29, 1.82) is 0 Å². The number of aliphatic hydroxyl groups excluding tert-OH is 1. The molecule has 4 heteroatoms. The quantitative estimate of drug-likeness (QED) is 0.855. The second-order valence-electron chi connectivity index (χ2n) is 4.34. The van der Waals surface area contributed by atoms with Gasteiger partial charge in [0.05, 0.1) is 6.61 Å². The zero-order chi connectivity index (χ0) is 13.8. The second-order valence-corrected chi connectivity index (χ2v) is 6.48. The number of thiophene rings is 1. The third kappa shape index (κ3) is 3.38. The Morgan fingerprint density at radius 1 is 1.37 bits per heavy atom. The van der Waals surface area contributed by atoms with Gasteiger partial charge in [0.1, 0.15) is 11.9 Å². The predicted molar refractivity (Wildman–Crippen MR) is 83.0 cm³/mol. The lowest BCUT2D eigenvalue weighted by molar-refractivity contribution is 0.214. The van der Waals surface area contributed by atoms with Crippen LogP contribution in [0.4, 0.5) is 0 Å². The van der Waals surface area contributed by atoms with E-state index in [0.717, 1.165) is 27.1 Å². The summed E-state index contributed by atoms with van der Waals surface area (Å²) in [5.41, 5.74) is 0.824. The van der Waals surface area contributed by atoms with Gasteiger partial charge < -0.3 is 9.84 Å². The maximum absolute atomic E-state index is 10.5. The van der Waals surface area contributed by atoms with Crippen LogP contribution in [0.2, 0.25) is 0 Å². The molecule has 0 fully saturated rings. The van der Waals surface area contributed by atoms with Crippen molar-refractivity contribution < 1.29 is 9.84 Å². The Kier molecular flexibility index (Phi) is 5.02. The van der Waals surface area contributed by atoms with Crippen LogP contribution in [0, 0.1) is 6.92 Å². The minimum atomic E-state index is -0.636. The van der Waals surface area contributed by atoms with Gasteiger partial charge in [-0.15, -0.1) is 11.3 Å². The highest BCUT2D eigenvalue weighted by atomic mass is 79.9. The van der Waals surface area contributed by atoms with E-state index in [1.54, 1.807) is 11.3 Å². The first-order chi connectivity index (χ1) is 9.13. The van der Waals surface area contributed by atoms with Crippen molar-refractivity contribution in [1.82, 2.24) is 0 Å². The van der Waals surface area contributed by atoms with Crippen molar-refractivity contribution in [2.24, 2.45) is 0 Å². The van der Waals surface area contributed by atoms with E-state index in [4.69, 9.17) is 4.74 Å². The van der Waals surface area contributed by atoms with E-state index in [1.165, 1.54) is 4.88 Å². The largest absolute Gasteiger partial charge is 0.493 e. The lowest BCUT2D eigenvalue weighted by Gasteiger charge is -2.14. The summed E-state index contributed by atoms with van der Waals surface area (Å²) in [5, 5.41) is 10.5. The van der Waals surface area contributed by atoms with Gasteiger partial charge in [-0.3, -0.25) is 0 Å². The normalized spacial score (nSPS) is 12.4. The molecule has 1 aromatic carbocycles. The standard InChI is InChI=1S/C15H17BrO2S/c1-3-8-18-13-7-5-4-6-11(13)15(17)14-9-12(16)10(2)19-14/h4-7,9,15,17H,3,8H2,1-2H3. The monoisotopic (exact) mass is 340 g/mol. The fourth-order valence-electron chi connectivity index (χ4n) is 1.82. The molecule has 1 atom stereocenters. The SMILES string of the molecule is CCCOc1ccccc1C(O)c1cc(Br)c(C)s1. The van der Waals surface area contributed by atoms with Crippen molar-refractivity contribution in [3.8, 4) is 5.75 Å². The van der Waals surface area contributed by atoms with Gasteiger partial charge in [0.2, 0.25) is 0 Å². The lowest BCUT2D eigenvalue weighted by atomic mass is 10.1. The number of aryl methyl sites for hydroxylation is 1. The Morgan fingerprint density at radius 3 is 2.74 bits per heavy atom. The molecule has 1 heterocycles. The van der Waals surface area contributed by atoms with Gasteiger partial charge in [0.25, 0.3) is 0 Å². The zero-order valence-corrected chi connectivity index (χ0v) is 13.4. The Labute approximate surface area is 126 Å². The minimum absolute atomic E-state index is 0.636. The molecule has 0 saturated heterocycles. The van der Waals surface area contributed by atoms with E-state index in [1.807, 2.05) is 37.3 Å². The Hall–Kier alpha value is -0.840. The van der Waals surface area contributed by atoms with Crippen molar-refractivity contribution in [2.75, 3.05) is 6.61 Å². The molecule has 0 aliphatic heterocycles. The van der Waals surface area contributed by atoms with E-state index in [9.17, 15) is 5.11 Å². The van der Waals surface area contributed by atoms with E-state index in [0.29, 0.717) is 6.61 Å². The maximum Gasteiger partial charge on any atom is 0.125 e. The molecule has 0 spiro atoms. The molecule has 2 rings (SSSR count). The van der Waals surface area contributed by atoms with E-state index in [2.05, 4.69) is 22.9 Å². The molecule has 2 nitrogen and oxygen atoms in total. The molecule has 0 aliphatic carbocycles. The number of para-hydroxylation sites is 1. The maximum atomic E-state index is 10.5. The first-order valence-corrected chi connectivity index (χ1v) is 7.90. The van der Waals surface area contributed by atoms with Gasteiger partial charge in [-0.05, 0) is 41.4 Å². The van der Waals surface area contributed by atoms with Crippen LogP contribution in [0.3, 0.4) is 0 Å². The summed E-state index contributed by atoms with van der Waals surface area (Å²) in [7, 11) is 0. The average molecular weight is 341 g/mol. The molecule has 1 unspecified atom stereocenters. The summed E-state index contributed by atoms with van der Waals surface area (Å²) in [5.74, 6) is 0.763. The number of aliphatic hydroxyl groups is 1. The molecule has 0 radical (unpaired) electrons. The molecule has 19 heavy (non-hydrogen) atoms. The van der Waals surface area contributed by atoms with Gasteiger partial charge >= 0.3 is 0 Å². The first-order valence-electron chi connectivity index (χ1n) is 6.29. The van der Waals surface area contributed by atoms with Crippen LogP contribution in [0.5, 0.6) is 5.75 Å². The fourth-order valence-corrected chi connectivity index (χ4v) is 3.39. The number of rotatable bonds is 5. The van der Waals surface area contributed by atoms with E-state index >= 15 is 0 Å². The molecule has 0 saturated carbocycles. The minimum Gasteiger partial charge on any atom is -0.493 e. The smallest absolute Gasteiger partial charge is 0.125 e. The fraction of sp³-hybridized carbons (Fsp3) is 0.333. The number of ether oxygens (including phenoxy) is 1. The van der Waals surface area contributed by atoms with Crippen molar-refractivity contribution in [3.63, 3.8) is 0 Å². The number of hydrogen-bond donors (Lipinski definition) is 1. The molecular formula is C15H17BrO2S. The summed E-state index contributed by atoms with van der Waals surface area (Å²) in [6.07, 6.45) is 0.316. The van der Waals surface area contributed by atoms with Crippen LogP contribution >= 0.6 is 27.3 Å². The topological polar surface area (TPSA) is 29.5 Å². The average Bonchev–Trinajstić information content (AvgIpc) is 2.76. The molecule has 1 N–H and O–H groups in total. The first kappa shape index (κ1) is 14.6. The van der Waals surface area contributed by atoms with E-state index in [-0.39, 0.29) is 0 Å². The molecule has 0 bridgehead atoms. The van der Waals surface area contributed by atoms with Crippen LogP contribution in [0.1, 0.15) is 34.8 Å². The van der Waals surface area contributed by atoms with Crippen molar-refractivity contribution in [2.45, 2.75) is 26.4 Å². The predicted octanol–water partition coefficient (Wildman–Crippen LogP) is 4.69. The Morgan fingerprint density at radius 2 is 2.11 bits per heavy atom. The number of halogens is 1. The van der Waals surface area contributed by atoms with Crippen LogP contribution in [-0.2, 0) is 0 Å². The number of hydrogen-bond acceptors (Lipinski definition) is 3. The summed E-state index contributed by atoms with van der Waals surface area (Å²) in [6, 6.07) is 9.65. The Bertz CT molecular complexity index is 531. The molecule has 0 aliphatic rings. The van der Waals surface area contributed by atoms with Crippen LogP contribution in [0.25, 0.3) is 0 Å². The van der Waals surface area contributed by atoms with Gasteiger partial charge in [-0.25, -0.2) is 0 Å². The van der Waals surface area contributed by atoms with Crippen molar-refractivity contribution >= 4 is 27.3 Å². The summed E-state index contributed by atoms with van der Waals surface area (Å²) in [4.78, 5) is 2.10. The van der Waals surface area contributed by atoms with Crippen LogP contribution in [0.15, 0.2) is 34.8 Å². The molecule has 1 aromatic heterocycles. The Balaban J connectivity index is 2.30. The molecule has 102 valence electrons. The summed E-state index contributed by atoms with van der Waals surface area (Å²) >= 11 is 5.08. The highest BCUT2D eigenvalue weighted by molar-refractivity contribution is 9.10. The van der Waals surface area contributed by atoms with Gasteiger partial charge in [-0.2, -0.15) is 0 Å². The van der Waals surface area contributed by atoms with Crippen LogP contribution in [-0.4, -0.2) is 11.7 Å². The van der Waals surface area contributed by atoms with Gasteiger partial charge in [0.15, 0.2) is 0 Å². The highest BCUT2D eigenvalue weighted by Crippen LogP contribution is 2.36. The van der Waals surface area contributed by atoms with Crippen molar-refractivity contribution in [3.05, 3.63) is 50.1 Å². The third-order valence-corrected chi connectivity index (χ3v) is 5.01. The molecule has 2 aromatic rings. The zero-order valence-electron chi connectivity index (χ0n) is 11.0. The van der Waals surface area contributed by atoms with Gasteiger partial charge in [0, 0.05) is 19.8 Å². The van der Waals surface area contributed by atoms with E-state index < -0.39 is 6.10 Å². The number of benzene rings is 1. The highest BCUT2D eigenvalue weighted by Gasteiger charge is 2.18. The van der Waals surface area contributed by atoms with Gasteiger partial charge in [-0.1, -0.05) is 25.1 Å². The summed E-state index contributed by atoms with van der Waals surface area (Å²) < 4.78 is 6.74.